The van der Waals surface area contributed by atoms with E-state index in [1.54, 1.807) is 0 Å². The highest BCUT2D eigenvalue weighted by Gasteiger charge is 2.61. The molecule has 0 saturated heterocycles. The van der Waals surface area contributed by atoms with E-state index < -0.39 is 0 Å². The first-order valence-corrected chi connectivity index (χ1v) is 12.9. The van der Waals surface area contributed by atoms with Crippen LogP contribution in [0.5, 0.6) is 0 Å². The summed E-state index contributed by atoms with van der Waals surface area (Å²) in [4.78, 5) is 5.17. The van der Waals surface area contributed by atoms with Crippen LogP contribution in [0.15, 0.2) is 11.6 Å². The van der Waals surface area contributed by atoms with Crippen LogP contribution in [0.2, 0.25) is 0 Å². The first-order chi connectivity index (χ1) is 14.2. The van der Waals surface area contributed by atoms with Gasteiger partial charge in [0.2, 0.25) is 0 Å². The van der Waals surface area contributed by atoms with Gasteiger partial charge in [-0.3, -0.25) is 5.26 Å². The van der Waals surface area contributed by atoms with Gasteiger partial charge < -0.3 is 5.11 Å². The average molecular weight is 419 g/mol. The zero-order chi connectivity index (χ0) is 21.7. The number of aliphatic hydroxyl groups is 1. The predicted octanol–water partition coefficient (Wildman–Crippen LogP) is 6.86. The fraction of sp³-hybridized carbons (Fsp3) is 0.926. The van der Waals surface area contributed by atoms with Gasteiger partial charge in [-0.05, 0) is 91.3 Å². The lowest BCUT2D eigenvalue weighted by Crippen LogP contribution is -2.55. The van der Waals surface area contributed by atoms with Crippen molar-refractivity contribution in [3.8, 4) is 0 Å². The van der Waals surface area contributed by atoms with E-state index in [-0.39, 0.29) is 17.6 Å². The van der Waals surface area contributed by atoms with Crippen LogP contribution < -0.4 is 0 Å². The highest BCUT2D eigenvalue weighted by molar-refractivity contribution is 5.28. The van der Waals surface area contributed by atoms with Crippen LogP contribution in [0.4, 0.5) is 0 Å². The van der Waals surface area contributed by atoms with Crippen LogP contribution >= 0.6 is 0 Å². The third-order valence-electron chi connectivity index (χ3n) is 10.4. The summed E-state index contributed by atoms with van der Waals surface area (Å²) in [7, 11) is 0. The highest BCUT2D eigenvalue weighted by atomic mass is 17.1. The Hall–Kier alpha value is -0.380. The van der Waals surface area contributed by atoms with Gasteiger partial charge in [-0.25, -0.2) is 4.89 Å². The molecule has 0 amide bonds. The van der Waals surface area contributed by atoms with Gasteiger partial charge in [-0.1, -0.05) is 65.5 Å². The minimum atomic E-state index is -0.225. The van der Waals surface area contributed by atoms with Crippen molar-refractivity contribution in [3.05, 3.63) is 11.6 Å². The van der Waals surface area contributed by atoms with Crippen molar-refractivity contribution in [2.24, 2.45) is 46.3 Å². The van der Waals surface area contributed by atoms with Crippen LogP contribution in [-0.2, 0) is 4.89 Å². The van der Waals surface area contributed by atoms with Gasteiger partial charge in [0.15, 0.2) is 0 Å². The zero-order valence-corrected chi connectivity index (χ0v) is 20.1. The molecule has 0 aromatic heterocycles. The first-order valence-electron chi connectivity index (χ1n) is 12.9. The van der Waals surface area contributed by atoms with E-state index in [1.807, 2.05) is 0 Å². The Balaban J connectivity index is 1.56. The van der Waals surface area contributed by atoms with Crippen molar-refractivity contribution in [2.75, 3.05) is 0 Å². The molecular weight excluding hydrogens is 372 g/mol. The Morgan fingerprint density at radius 3 is 2.50 bits per heavy atom. The van der Waals surface area contributed by atoms with E-state index in [1.165, 1.54) is 50.5 Å². The number of hydrogen-bond donors (Lipinski definition) is 2. The van der Waals surface area contributed by atoms with Crippen LogP contribution in [0.1, 0.15) is 98.8 Å². The number of hydrogen-bond acceptors (Lipinski definition) is 3. The molecule has 0 aromatic rings. The van der Waals surface area contributed by atoms with Crippen molar-refractivity contribution >= 4 is 0 Å². The van der Waals surface area contributed by atoms with E-state index >= 15 is 0 Å². The average Bonchev–Trinajstić information content (AvgIpc) is 3.05. The molecule has 2 N–H and O–H groups in total. The summed E-state index contributed by atoms with van der Waals surface area (Å²) in [5.74, 6) is 4.05. The molecule has 4 aliphatic carbocycles. The third kappa shape index (κ3) is 3.71. The standard InChI is InChI=1S/C27H46O3/c1-17(2)7-6-8-18(3)21-9-10-22-25-23(12-14-27(21,22)5)26(4)13-11-20(28)15-19(26)16-24(25)30-29/h16-18,20-25,28-29H,6-15H2,1-5H3/t18-,20?,21-,22+,23+,24?,25+,26+,27-/m1/s1. The summed E-state index contributed by atoms with van der Waals surface area (Å²) in [6.45, 7) is 12.2. The molecule has 3 saturated carbocycles. The second-order valence-electron chi connectivity index (χ2n) is 12.4. The van der Waals surface area contributed by atoms with Crippen LogP contribution in [0.3, 0.4) is 0 Å². The van der Waals surface area contributed by atoms with Crippen molar-refractivity contribution in [1.82, 2.24) is 0 Å². The lowest BCUT2D eigenvalue weighted by molar-refractivity contribution is -0.296. The first kappa shape index (κ1) is 22.8. The number of fused-ring (bicyclic) bond motifs is 5. The van der Waals surface area contributed by atoms with E-state index in [4.69, 9.17) is 4.89 Å². The Kier molecular flexibility index (Phi) is 6.48. The van der Waals surface area contributed by atoms with Gasteiger partial charge in [0.1, 0.15) is 6.10 Å². The Morgan fingerprint density at radius 2 is 1.80 bits per heavy atom. The molecule has 0 aromatic carbocycles. The number of aliphatic hydroxyl groups excluding tert-OH is 1. The molecule has 4 aliphatic rings. The maximum Gasteiger partial charge on any atom is 0.114 e. The molecule has 0 heterocycles. The van der Waals surface area contributed by atoms with E-state index in [9.17, 15) is 10.4 Å². The molecule has 3 nitrogen and oxygen atoms in total. The Morgan fingerprint density at radius 1 is 1.03 bits per heavy atom. The second-order valence-corrected chi connectivity index (χ2v) is 12.4. The fourth-order valence-corrected chi connectivity index (χ4v) is 8.73. The topological polar surface area (TPSA) is 49.7 Å². The molecule has 4 rings (SSSR count). The van der Waals surface area contributed by atoms with Crippen molar-refractivity contribution in [1.29, 1.82) is 0 Å². The fourth-order valence-electron chi connectivity index (χ4n) is 8.73. The maximum atomic E-state index is 10.3. The number of rotatable bonds is 6. The van der Waals surface area contributed by atoms with Crippen molar-refractivity contribution in [2.45, 2.75) is 111 Å². The smallest absolute Gasteiger partial charge is 0.114 e. The zero-order valence-electron chi connectivity index (χ0n) is 20.1. The normalized spacial score (nSPS) is 46.7. The Bertz CT molecular complexity index is 642. The third-order valence-corrected chi connectivity index (χ3v) is 10.4. The second kappa shape index (κ2) is 8.52. The van der Waals surface area contributed by atoms with E-state index in [0.29, 0.717) is 23.2 Å². The molecule has 3 fully saturated rings. The van der Waals surface area contributed by atoms with Crippen LogP contribution in [-0.4, -0.2) is 22.6 Å². The lowest BCUT2D eigenvalue weighted by Gasteiger charge is -2.59. The summed E-state index contributed by atoms with van der Waals surface area (Å²) in [6.07, 6.45) is 13.8. The van der Waals surface area contributed by atoms with Crippen molar-refractivity contribution < 1.29 is 15.3 Å². The molecule has 9 atom stereocenters. The molecule has 0 aliphatic heterocycles. The molecule has 0 spiro atoms. The van der Waals surface area contributed by atoms with Gasteiger partial charge in [0.05, 0.1) is 6.10 Å². The molecule has 2 unspecified atom stereocenters. The molecular formula is C27H46O3. The molecule has 0 bridgehead atoms. The minimum absolute atomic E-state index is 0.182. The maximum absolute atomic E-state index is 10.3. The van der Waals surface area contributed by atoms with E-state index in [2.05, 4.69) is 40.7 Å². The highest BCUT2D eigenvalue weighted by Crippen LogP contribution is 2.67. The summed E-state index contributed by atoms with van der Waals surface area (Å²) >= 11 is 0. The van der Waals surface area contributed by atoms with E-state index in [0.717, 1.165) is 37.0 Å². The summed E-state index contributed by atoms with van der Waals surface area (Å²) in [5.41, 5.74) is 1.91. The van der Waals surface area contributed by atoms with Crippen LogP contribution in [0, 0.1) is 46.3 Å². The summed E-state index contributed by atoms with van der Waals surface area (Å²) in [5, 5.41) is 20.2. The van der Waals surface area contributed by atoms with Gasteiger partial charge in [-0.15, -0.1) is 0 Å². The summed E-state index contributed by atoms with van der Waals surface area (Å²) in [6, 6.07) is 0. The quantitative estimate of drug-likeness (QED) is 0.281. The predicted molar refractivity (Wildman–Crippen MR) is 122 cm³/mol. The lowest BCUT2D eigenvalue weighted by atomic mass is 9.46. The van der Waals surface area contributed by atoms with Crippen LogP contribution in [0.25, 0.3) is 0 Å². The monoisotopic (exact) mass is 418 g/mol. The summed E-state index contributed by atoms with van der Waals surface area (Å²) < 4.78 is 0. The minimum Gasteiger partial charge on any atom is -0.393 e. The molecule has 3 heteroatoms. The SMILES string of the molecule is CC(C)CCC[C@@H](C)[C@H]1CC[C@H]2[C@@H]3C(OO)C=C4CC(O)CC[C@]4(C)[C@H]3CC[C@]12C. The molecule has 172 valence electrons. The van der Waals surface area contributed by atoms with Gasteiger partial charge in [0, 0.05) is 0 Å². The van der Waals surface area contributed by atoms with Gasteiger partial charge in [0.25, 0.3) is 0 Å². The largest absolute Gasteiger partial charge is 0.393 e. The molecule has 0 radical (unpaired) electrons. The van der Waals surface area contributed by atoms with Gasteiger partial charge >= 0.3 is 0 Å². The van der Waals surface area contributed by atoms with Gasteiger partial charge in [-0.2, -0.15) is 0 Å². The van der Waals surface area contributed by atoms with Crippen molar-refractivity contribution in [3.63, 3.8) is 0 Å². The molecule has 30 heavy (non-hydrogen) atoms. The Labute approximate surface area is 184 Å².